The molecule has 5 fully saturated rings. The van der Waals surface area contributed by atoms with Crippen molar-refractivity contribution in [1.29, 1.82) is 0 Å². The Morgan fingerprint density at radius 1 is 0.935 bits per heavy atom. The molecule has 1 N–H and O–H groups in total. The maximum atomic E-state index is 10.6. The Hall–Kier alpha value is -0.300. The largest absolute Gasteiger partial charge is 0.393 e. The molecule has 1 heteroatoms. The molecule has 0 aromatic carbocycles. The lowest BCUT2D eigenvalue weighted by Crippen LogP contribution is -2.56. The van der Waals surface area contributed by atoms with E-state index in [0.29, 0.717) is 33.5 Å². The van der Waals surface area contributed by atoms with E-state index in [9.17, 15) is 5.11 Å². The zero-order chi connectivity index (χ0) is 22.4. The van der Waals surface area contributed by atoms with Gasteiger partial charge in [0.25, 0.3) is 0 Å². The lowest BCUT2D eigenvalue weighted by atomic mass is 9.43. The number of allylic oxidation sites excluding steroid dienone is 1. The van der Waals surface area contributed by atoms with Crippen molar-refractivity contribution in [1.82, 2.24) is 0 Å². The van der Waals surface area contributed by atoms with Crippen molar-refractivity contribution >= 4 is 0 Å². The monoisotopic (exact) mass is 426 g/mol. The summed E-state index contributed by atoms with van der Waals surface area (Å²) in [5.74, 6) is 4.53. The Balaban J connectivity index is 1.40. The van der Waals surface area contributed by atoms with Crippen LogP contribution in [-0.2, 0) is 0 Å². The Bertz CT molecular complexity index is 739. The van der Waals surface area contributed by atoms with Crippen molar-refractivity contribution in [2.45, 2.75) is 118 Å². The quantitative estimate of drug-likeness (QED) is 0.441. The minimum absolute atomic E-state index is 0.0390. The van der Waals surface area contributed by atoms with Crippen LogP contribution < -0.4 is 0 Å². The summed E-state index contributed by atoms with van der Waals surface area (Å²) in [5.41, 5.74) is 3.76. The molecule has 10 unspecified atom stereocenters. The number of hydrogen-bond donors (Lipinski definition) is 1. The molecule has 0 aliphatic heterocycles. The summed E-state index contributed by atoms with van der Waals surface area (Å²) in [4.78, 5) is 0. The van der Waals surface area contributed by atoms with Gasteiger partial charge in [0, 0.05) is 0 Å². The summed E-state index contributed by atoms with van der Waals surface area (Å²) in [5, 5.41) is 10.6. The van der Waals surface area contributed by atoms with E-state index in [2.05, 4.69) is 48.1 Å². The highest BCUT2D eigenvalue weighted by Gasteiger charge is 2.81. The van der Waals surface area contributed by atoms with Crippen molar-refractivity contribution in [3.63, 3.8) is 0 Å². The first-order chi connectivity index (χ1) is 14.5. The standard InChI is InChI=1S/C30H50O/c1-19(2)8-9-20(3)21(4)23-12-14-28(7)26-11-10-24-22(5)25(31)13-15-29(24)18-30(26,29)17-16-27(23,28)6/h19,21-26,31H,3,8-18H2,1-2,4-7H3. The normalized spacial score (nSPS) is 53.9. The van der Waals surface area contributed by atoms with Crippen molar-refractivity contribution in [2.24, 2.45) is 57.2 Å². The van der Waals surface area contributed by atoms with Gasteiger partial charge in [0.05, 0.1) is 6.10 Å². The first-order valence-corrected chi connectivity index (χ1v) is 13.9. The van der Waals surface area contributed by atoms with Gasteiger partial charge < -0.3 is 5.11 Å². The van der Waals surface area contributed by atoms with Gasteiger partial charge >= 0.3 is 0 Å². The predicted octanol–water partition coefficient (Wildman–Crippen LogP) is 8.02. The number of aliphatic hydroxyl groups is 1. The smallest absolute Gasteiger partial charge is 0.0568 e. The third-order valence-corrected chi connectivity index (χ3v) is 13.0. The van der Waals surface area contributed by atoms with Crippen LogP contribution >= 0.6 is 0 Å². The topological polar surface area (TPSA) is 20.2 Å². The van der Waals surface area contributed by atoms with Crippen LogP contribution in [0.1, 0.15) is 112 Å². The number of rotatable bonds is 5. The molecule has 0 bridgehead atoms. The summed E-state index contributed by atoms with van der Waals surface area (Å²) in [6.45, 7) is 19.6. The molecule has 0 amide bonds. The van der Waals surface area contributed by atoms with Gasteiger partial charge in [0.1, 0.15) is 0 Å². The van der Waals surface area contributed by atoms with E-state index in [1.165, 1.54) is 69.8 Å². The van der Waals surface area contributed by atoms with Crippen LogP contribution in [0.5, 0.6) is 0 Å². The zero-order valence-electron chi connectivity index (χ0n) is 21.5. The van der Waals surface area contributed by atoms with Crippen LogP contribution in [0.15, 0.2) is 12.2 Å². The molecule has 1 nitrogen and oxygen atoms in total. The highest BCUT2D eigenvalue weighted by molar-refractivity contribution is 5.30. The first-order valence-electron chi connectivity index (χ1n) is 13.9. The molecule has 176 valence electrons. The molecule has 0 aromatic rings. The van der Waals surface area contributed by atoms with Gasteiger partial charge in [0.15, 0.2) is 0 Å². The van der Waals surface area contributed by atoms with E-state index in [-0.39, 0.29) is 6.10 Å². The maximum absolute atomic E-state index is 10.6. The Labute approximate surface area is 192 Å². The van der Waals surface area contributed by atoms with E-state index in [4.69, 9.17) is 0 Å². The average molecular weight is 427 g/mol. The second-order valence-corrected chi connectivity index (χ2v) is 14.1. The molecule has 5 rings (SSSR count). The predicted molar refractivity (Wildman–Crippen MR) is 131 cm³/mol. The van der Waals surface area contributed by atoms with Gasteiger partial charge in [-0.3, -0.25) is 0 Å². The first kappa shape index (κ1) is 22.5. The van der Waals surface area contributed by atoms with Gasteiger partial charge in [0.2, 0.25) is 0 Å². The van der Waals surface area contributed by atoms with Crippen LogP contribution in [0.4, 0.5) is 0 Å². The Morgan fingerprint density at radius 3 is 2.39 bits per heavy atom. The van der Waals surface area contributed by atoms with Gasteiger partial charge in [-0.15, -0.1) is 0 Å². The van der Waals surface area contributed by atoms with E-state index >= 15 is 0 Å². The lowest BCUT2D eigenvalue weighted by molar-refractivity contribution is -0.141. The summed E-state index contributed by atoms with van der Waals surface area (Å²) >= 11 is 0. The van der Waals surface area contributed by atoms with Gasteiger partial charge in [-0.2, -0.15) is 0 Å². The molecular formula is C30H50O. The van der Waals surface area contributed by atoms with Gasteiger partial charge in [-0.05, 0) is 128 Å². The van der Waals surface area contributed by atoms with E-state index in [0.717, 1.165) is 30.1 Å². The van der Waals surface area contributed by atoms with Crippen LogP contribution in [0.3, 0.4) is 0 Å². The molecule has 5 aliphatic carbocycles. The van der Waals surface area contributed by atoms with Crippen LogP contribution in [-0.4, -0.2) is 11.2 Å². The fourth-order valence-corrected chi connectivity index (χ4v) is 10.9. The second-order valence-electron chi connectivity index (χ2n) is 14.1. The fraction of sp³-hybridized carbons (Fsp3) is 0.933. The zero-order valence-corrected chi connectivity index (χ0v) is 21.5. The minimum atomic E-state index is -0.0390. The molecule has 5 saturated carbocycles. The number of hydrogen-bond acceptors (Lipinski definition) is 1. The van der Waals surface area contributed by atoms with Gasteiger partial charge in [-0.25, -0.2) is 0 Å². The maximum Gasteiger partial charge on any atom is 0.0568 e. The fourth-order valence-electron chi connectivity index (χ4n) is 10.9. The third-order valence-electron chi connectivity index (χ3n) is 13.0. The van der Waals surface area contributed by atoms with E-state index in [1.807, 2.05) is 0 Å². The molecule has 0 aromatic heterocycles. The van der Waals surface area contributed by atoms with Crippen LogP contribution in [0, 0.1) is 57.2 Å². The molecular weight excluding hydrogens is 376 g/mol. The Morgan fingerprint density at radius 2 is 1.68 bits per heavy atom. The molecule has 10 atom stereocenters. The third kappa shape index (κ3) is 2.77. The molecule has 5 aliphatic rings. The van der Waals surface area contributed by atoms with Crippen LogP contribution in [0.25, 0.3) is 0 Å². The van der Waals surface area contributed by atoms with Crippen molar-refractivity contribution in [2.75, 3.05) is 0 Å². The van der Waals surface area contributed by atoms with E-state index in [1.54, 1.807) is 0 Å². The van der Waals surface area contributed by atoms with E-state index < -0.39 is 0 Å². The number of fused-ring (bicyclic) bond motifs is 2. The van der Waals surface area contributed by atoms with Crippen molar-refractivity contribution < 1.29 is 5.11 Å². The average Bonchev–Trinajstić information content (AvgIpc) is 3.31. The van der Waals surface area contributed by atoms with Gasteiger partial charge in [-0.1, -0.05) is 53.7 Å². The SMILES string of the molecule is C=C(CCC(C)C)C(C)C1CCC2(C)C3CCC4C(C)C(O)CCC45CC35CCC12C. The minimum Gasteiger partial charge on any atom is -0.393 e. The summed E-state index contributed by atoms with van der Waals surface area (Å²) < 4.78 is 0. The highest BCUT2D eigenvalue weighted by atomic mass is 16.3. The van der Waals surface area contributed by atoms with Crippen molar-refractivity contribution in [3.05, 3.63) is 12.2 Å². The lowest BCUT2D eigenvalue weighted by Gasteiger charge is -2.62. The highest BCUT2D eigenvalue weighted by Crippen LogP contribution is 2.88. The molecule has 0 heterocycles. The molecule has 0 saturated heterocycles. The van der Waals surface area contributed by atoms with Crippen molar-refractivity contribution in [3.8, 4) is 0 Å². The summed E-state index contributed by atoms with van der Waals surface area (Å²) in [7, 11) is 0. The number of aliphatic hydroxyl groups excluding tert-OH is 1. The molecule has 31 heavy (non-hydrogen) atoms. The Kier molecular flexibility index (Phi) is 5.15. The molecule has 2 spiro atoms. The summed E-state index contributed by atoms with van der Waals surface area (Å²) in [6, 6.07) is 0. The second kappa shape index (κ2) is 7.10. The molecule has 0 radical (unpaired) electrons. The summed E-state index contributed by atoms with van der Waals surface area (Å²) in [6.07, 6.45) is 15.0. The van der Waals surface area contributed by atoms with Crippen LogP contribution in [0.2, 0.25) is 0 Å².